The summed E-state index contributed by atoms with van der Waals surface area (Å²) in [5.41, 5.74) is 0.167. The van der Waals surface area contributed by atoms with Crippen LogP contribution < -0.4 is 14.7 Å². The molecule has 3 rings (SSSR count). The molecule has 1 heterocycles. The first-order valence-electron chi connectivity index (χ1n) is 8.87. The van der Waals surface area contributed by atoms with E-state index < -0.39 is 11.9 Å². The molecular formula is C19H18Cl2N2O7. The highest BCUT2D eigenvalue weighted by atomic mass is 35.5. The van der Waals surface area contributed by atoms with E-state index in [1.807, 2.05) is 4.90 Å². The molecule has 0 radical (unpaired) electrons. The van der Waals surface area contributed by atoms with E-state index in [4.69, 9.17) is 33.0 Å². The average Bonchev–Trinajstić information content (AvgIpc) is 2.72. The van der Waals surface area contributed by atoms with E-state index in [0.717, 1.165) is 0 Å². The number of aliphatic hydroxyl groups excluding tert-OH is 1. The number of carboxylic acids is 1. The van der Waals surface area contributed by atoms with Crippen LogP contribution in [0.2, 0.25) is 10.0 Å². The number of anilines is 2. The van der Waals surface area contributed by atoms with Gasteiger partial charge in [-0.15, -0.1) is 0 Å². The van der Waals surface area contributed by atoms with E-state index in [2.05, 4.69) is 0 Å². The smallest absolute Gasteiger partial charge is 0.397 e. The molecule has 1 fully saturated rings. The summed E-state index contributed by atoms with van der Waals surface area (Å²) in [6, 6.07) is 6.90. The normalized spacial score (nSPS) is 14.5. The number of hydrogen-bond acceptors (Lipinski definition) is 7. The fourth-order valence-corrected chi connectivity index (χ4v) is 3.55. The second kappa shape index (κ2) is 8.97. The minimum absolute atomic E-state index is 0.0262. The van der Waals surface area contributed by atoms with Crippen molar-refractivity contribution in [3.63, 3.8) is 0 Å². The Kier molecular flexibility index (Phi) is 6.57. The summed E-state index contributed by atoms with van der Waals surface area (Å²) in [6.07, 6.45) is 0.751. The van der Waals surface area contributed by atoms with Gasteiger partial charge in [-0.25, -0.2) is 4.79 Å². The van der Waals surface area contributed by atoms with Gasteiger partial charge in [0.2, 0.25) is 0 Å². The van der Waals surface area contributed by atoms with Crippen molar-refractivity contribution in [3.05, 3.63) is 40.4 Å². The Hall–Kier alpha value is -2.72. The van der Waals surface area contributed by atoms with Gasteiger partial charge in [-0.2, -0.15) is 5.06 Å². The van der Waals surface area contributed by atoms with Gasteiger partial charge in [0.15, 0.2) is 5.75 Å². The van der Waals surface area contributed by atoms with Gasteiger partial charge in [0.25, 0.3) is 0 Å². The number of rotatable bonds is 4. The zero-order chi connectivity index (χ0) is 22.0. The third-order valence-corrected chi connectivity index (χ3v) is 5.27. The number of benzene rings is 2. The van der Waals surface area contributed by atoms with Crippen molar-refractivity contribution in [1.82, 2.24) is 0 Å². The quantitative estimate of drug-likeness (QED) is 0.313. The van der Waals surface area contributed by atoms with Gasteiger partial charge in [-0.05, 0) is 37.1 Å². The standard InChI is InChI=1S/C19H18Cl2N2O7/c20-12-2-3-13(23(29)18(26)19(27)28)16(21)17(12)30-11-1-4-15(25)14(9-11)22-7-5-10(24)6-8-22/h1-4,9-10,24-25,29H,5-8H2,(H,27,28). The average molecular weight is 457 g/mol. The van der Waals surface area contributed by atoms with E-state index in [0.29, 0.717) is 31.6 Å². The first-order valence-corrected chi connectivity index (χ1v) is 9.62. The molecule has 0 atom stereocenters. The molecule has 1 saturated heterocycles. The van der Waals surface area contributed by atoms with Gasteiger partial charge in [0, 0.05) is 19.2 Å². The van der Waals surface area contributed by atoms with E-state index in [1.54, 1.807) is 6.07 Å². The number of hydrogen-bond donors (Lipinski definition) is 4. The van der Waals surface area contributed by atoms with Crippen LogP contribution in [0.25, 0.3) is 0 Å². The van der Waals surface area contributed by atoms with E-state index in [1.165, 1.54) is 24.3 Å². The van der Waals surface area contributed by atoms with Crippen LogP contribution >= 0.6 is 23.2 Å². The maximum absolute atomic E-state index is 11.5. The third-order valence-electron chi connectivity index (χ3n) is 4.60. The van der Waals surface area contributed by atoms with Gasteiger partial charge in [-0.1, -0.05) is 23.2 Å². The molecule has 1 aliphatic heterocycles. The molecule has 1 aliphatic rings. The number of phenols is 1. The number of piperidine rings is 1. The van der Waals surface area contributed by atoms with Crippen molar-refractivity contribution in [2.75, 3.05) is 23.1 Å². The number of aromatic hydroxyl groups is 1. The lowest BCUT2D eigenvalue weighted by Crippen LogP contribution is -2.35. The van der Waals surface area contributed by atoms with Gasteiger partial charge in [0.1, 0.15) is 16.5 Å². The first kappa shape index (κ1) is 22.0. The molecule has 0 aliphatic carbocycles. The molecular weight excluding hydrogens is 439 g/mol. The Morgan fingerprint density at radius 3 is 2.43 bits per heavy atom. The summed E-state index contributed by atoms with van der Waals surface area (Å²) >= 11 is 12.3. The number of carbonyl (C=O) groups is 2. The number of carbonyl (C=O) groups excluding carboxylic acids is 1. The number of aliphatic carboxylic acids is 1. The zero-order valence-electron chi connectivity index (χ0n) is 15.5. The Bertz CT molecular complexity index is 978. The predicted molar refractivity (Wildman–Crippen MR) is 109 cm³/mol. The second-order valence-electron chi connectivity index (χ2n) is 6.60. The summed E-state index contributed by atoms with van der Waals surface area (Å²) in [4.78, 5) is 24.2. The Balaban J connectivity index is 1.91. The summed E-state index contributed by atoms with van der Waals surface area (Å²) in [5.74, 6) is -3.31. The van der Waals surface area contributed by atoms with Crippen molar-refractivity contribution >= 4 is 46.5 Å². The first-order chi connectivity index (χ1) is 14.2. The van der Waals surface area contributed by atoms with Gasteiger partial charge in [0.05, 0.1) is 22.5 Å². The fraction of sp³-hybridized carbons (Fsp3) is 0.263. The van der Waals surface area contributed by atoms with Crippen LogP contribution in [0.4, 0.5) is 11.4 Å². The molecule has 30 heavy (non-hydrogen) atoms. The molecule has 9 nitrogen and oxygen atoms in total. The lowest BCUT2D eigenvalue weighted by Gasteiger charge is -2.32. The number of nitrogens with zero attached hydrogens (tertiary/aromatic N) is 2. The highest BCUT2D eigenvalue weighted by Gasteiger charge is 2.26. The molecule has 2 aromatic carbocycles. The lowest BCUT2D eigenvalue weighted by molar-refractivity contribution is -0.151. The topological polar surface area (TPSA) is 131 Å². The largest absolute Gasteiger partial charge is 0.506 e. The van der Waals surface area contributed by atoms with Crippen molar-refractivity contribution in [1.29, 1.82) is 0 Å². The molecule has 11 heteroatoms. The van der Waals surface area contributed by atoms with Crippen molar-refractivity contribution in [2.45, 2.75) is 18.9 Å². The molecule has 0 aromatic heterocycles. The van der Waals surface area contributed by atoms with E-state index in [9.17, 15) is 25.0 Å². The van der Waals surface area contributed by atoms with Crippen molar-refractivity contribution in [2.24, 2.45) is 0 Å². The number of amides is 1. The summed E-state index contributed by atoms with van der Waals surface area (Å²) in [6.45, 7) is 1.10. The van der Waals surface area contributed by atoms with E-state index >= 15 is 0 Å². The molecule has 0 saturated carbocycles. The van der Waals surface area contributed by atoms with Crippen LogP contribution in [0.3, 0.4) is 0 Å². The molecule has 0 spiro atoms. The Labute approximate surface area is 181 Å². The number of phenolic OH excluding ortho intramolecular Hbond substituents is 1. The number of carboxylic acid groups (broad SMARTS) is 1. The maximum Gasteiger partial charge on any atom is 0.397 e. The lowest BCUT2D eigenvalue weighted by atomic mass is 10.1. The number of aliphatic hydroxyl groups is 1. The Morgan fingerprint density at radius 1 is 1.13 bits per heavy atom. The monoisotopic (exact) mass is 456 g/mol. The van der Waals surface area contributed by atoms with Gasteiger partial charge >= 0.3 is 11.9 Å². The third kappa shape index (κ3) is 4.54. The molecule has 0 unspecified atom stereocenters. The molecule has 4 N–H and O–H groups in total. The maximum atomic E-state index is 11.5. The summed E-state index contributed by atoms with van der Waals surface area (Å²) in [5, 5.41) is 38.2. The minimum atomic E-state index is -1.87. The van der Waals surface area contributed by atoms with Crippen LogP contribution in [-0.2, 0) is 9.59 Å². The van der Waals surface area contributed by atoms with Crippen molar-refractivity contribution in [3.8, 4) is 17.2 Å². The highest BCUT2D eigenvalue weighted by Crippen LogP contribution is 2.43. The SMILES string of the molecule is O=C(O)C(=O)N(O)c1ccc(Cl)c(Oc2ccc(O)c(N3CCC(O)CC3)c2)c1Cl. The fourth-order valence-electron chi connectivity index (χ4n) is 3.02. The van der Waals surface area contributed by atoms with Gasteiger partial charge < -0.3 is 25.0 Å². The number of halogens is 2. The Morgan fingerprint density at radius 2 is 1.80 bits per heavy atom. The summed E-state index contributed by atoms with van der Waals surface area (Å²) in [7, 11) is 0. The second-order valence-corrected chi connectivity index (χ2v) is 7.39. The number of hydroxylamine groups is 1. The molecule has 160 valence electrons. The van der Waals surface area contributed by atoms with Crippen LogP contribution in [-0.4, -0.2) is 51.6 Å². The van der Waals surface area contributed by atoms with Crippen LogP contribution in [0.15, 0.2) is 30.3 Å². The number of ether oxygens (including phenoxy) is 1. The molecule has 1 amide bonds. The highest BCUT2D eigenvalue weighted by molar-refractivity contribution is 6.41. The zero-order valence-corrected chi connectivity index (χ0v) is 17.0. The van der Waals surface area contributed by atoms with Crippen LogP contribution in [0.1, 0.15) is 12.8 Å². The summed E-state index contributed by atoms with van der Waals surface area (Å²) < 4.78 is 5.73. The molecule has 2 aromatic rings. The van der Waals surface area contributed by atoms with Crippen LogP contribution in [0.5, 0.6) is 17.2 Å². The van der Waals surface area contributed by atoms with Crippen molar-refractivity contribution < 1.29 is 34.9 Å². The van der Waals surface area contributed by atoms with Gasteiger partial charge in [-0.3, -0.25) is 10.0 Å². The van der Waals surface area contributed by atoms with E-state index in [-0.39, 0.29) is 44.1 Å². The van der Waals surface area contributed by atoms with Crippen LogP contribution in [0, 0.1) is 0 Å². The predicted octanol–water partition coefficient (Wildman–Crippen LogP) is 3.26. The minimum Gasteiger partial charge on any atom is -0.506 e. The molecule has 0 bridgehead atoms.